The molecular formula is C23H24F2N4O5S. The standard InChI is InChI=1S/C23H24F2N4O5S/c24-16-6-7-18(25)20(12-16)35(32,33)29-10-3-11-34-21(29)14-28-23(31)22(30)26-9-8-15-13-27-19-5-2-1-4-17(15)19/h1-2,4-7,12-13,21,27H,3,8-11,14H2,(H,26,30)(H,28,31)/t21-/m1/s1. The Morgan fingerprint density at radius 2 is 1.89 bits per heavy atom. The number of nitrogens with zero attached hydrogens (tertiary/aromatic N) is 1. The van der Waals surface area contributed by atoms with Gasteiger partial charge in [0.2, 0.25) is 10.0 Å². The summed E-state index contributed by atoms with van der Waals surface area (Å²) in [4.78, 5) is 26.8. The van der Waals surface area contributed by atoms with Crippen molar-refractivity contribution < 1.29 is 31.5 Å². The van der Waals surface area contributed by atoms with Crippen LogP contribution in [0.1, 0.15) is 12.0 Å². The third kappa shape index (κ3) is 5.50. The number of ether oxygens (including phenoxy) is 1. The number of rotatable bonds is 7. The predicted octanol–water partition coefficient (Wildman–Crippen LogP) is 1.66. The third-order valence-corrected chi connectivity index (χ3v) is 7.54. The molecule has 0 radical (unpaired) electrons. The lowest BCUT2D eigenvalue weighted by Crippen LogP contribution is -2.53. The van der Waals surface area contributed by atoms with Crippen LogP contribution in [0.25, 0.3) is 10.9 Å². The van der Waals surface area contributed by atoms with Crippen LogP contribution in [0, 0.1) is 11.6 Å². The Morgan fingerprint density at radius 1 is 1.11 bits per heavy atom. The maximum Gasteiger partial charge on any atom is 0.309 e. The highest BCUT2D eigenvalue weighted by Gasteiger charge is 2.36. The van der Waals surface area contributed by atoms with Gasteiger partial charge in [0.1, 0.15) is 22.8 Å². The van der Waals surface area contributed by atoms with Crippen molar-refractivity contribution >= 4 is 32.7 Å². The molecule has 1 aliphatic rings. The predicted molar refractivity (Wildman–Crippen MR) is 123 cm³/mol. The van der Waals surface area contributed by atoms with Gasteiger partial charge in [-0.1, -0.05) is 18.2 Å². The Balaban J connectivity index is 1.33. The Bertz CT molecular complexity index is 1340. The number of carbonyl (C=O) groups is 2. The Labute approximate surface area is 200 Å². The number of hydrogen-bond donors (Lipinski definition) is 3. The largest absolute Gasteiger partial charge is 0.361 e. The second-order valence-corrected chi connectivity index (χ2v) is 9.80. The van der Waals surface area contributed by atoms with E-state index < -0.39 is 44.6 Å². The van der Waals surface area contributed by atoms with Crippen LogP contribution in [0.5, 0.6) is 0 Å². The molecule has 4 rings (SSSR count). The number of carbonyl (C=O) groups excluding carboxylic acids is 2. The molecule has 0 saturated carbocycles. The first-order valence-corrected chi connectivity index (χ1v) is 12.4. The highest BCUT2D eigenvalue weighted by molar-refractivity contribution is 7.89. The van der Waals surface area contributed by atoms with Crippen LogP contribution in [0.3, 0.4) is 0 Å². The number of nitrogens with one attached hydrogen (secondary N) is 3. The molecule has 186 valence electrons. The van der Waals surface area contributed by atoms with Crippen LogP contribution >= 0.6 is 0 Å². The molecule has 2 amide bonds. The molecule has 9 nitrogen and oxygen atoms in total. The molecule has 0 bridgehead atoms. The Kier molecular flexibility index (Phi) is 7.43. The smallest absolute Gasteiger partial charge is 0.309 e. The number of hydrogen-bond acceptors (Lipinski definition) is 5. The number of sulfonamides is 1. The highest BCUT2D eigenvalue weighted by atomic mass is 32.2. The summed E-state index contributed by atoms with van der Waals surface area (Å²) < 4.78 is 59.9. The molecule has 3 N–H and O–H groups in total. The van der Waals surface area contributed by atoms with Crippen molar-refractivity contribution in [1.29, 1.82) is 0 Å². The molecule has 3 aromatic rings. The van der Waals surface area contributed by atoms with E-state index in [4.69, 9.17) is 4.74 Å². The molecule has 1 fully saturated rings. The summed E-state index contributed by atoms with van der Waals surface area (Å²) in [7, 11) is -4.45. The zero-order valence-electron chi connectivity index (χ0n) is 18.6. The van der Waals surface area contributed by atoms with E-state index in [9.17, 15) is 26.8 Å². The van der Waals surface area contributed by atoms with Gasteiger partial charge < -0.3 is 20.4 Å². The number of fused-ring (bicyclic) bond motifs is 1. The van der Waals surface area contributed by atoms with Crippen molar-refractivity contribution in [3.8, 4) is 0 Å². The number of aromatic nitrogens is 1. The number of amides is 2. The van der Waals surface area contributed by atoms with Crippen LogP contribution < -0.4 is 10.6 Å². The summed E-state index contributed by atoms with van der Waals surface area (Å²) in [5.74, 6) is -3.86. The average Bonchev–Trinajstić information content (AvgIpc) is 3.27. The number of para-hydroxylation sites is 1. The monoisotopic (exact) mass is 506 g/mol. The van der Waals surface area contributed by atoms with Crippen LogP contribution in [-0.4, -0.2) is 62.0 Å². The summed E-state index contributed by atoms with van der Waals surface area (Å²) in [6.45, 7) is 0.0584. The van der Waals surface area contributed by atoms with E-state index in [0.29, 0.717) is 18.9 Å². The zero-order chi connectivity index (χ0) is 25.0. The molecule has 1 aromatic heterocycles. The van der Waals surface area contributed by atoms with E-state index in [0.717, 1.165) is 32.9 Å². The number of H-pyrrole nitrogens is 1. The molecule has 2 heterocycles. The molecule has 0 unspecified atom stereocenters. The van der Waals surface area contributed by atoms with Crippen LogP contribution in [0.4, 0.5) is 8.78 Å². The molecule has 35 heavy (non-hydrogen) atoms. The normalized spacial score (nSPS) is 16.8. The average molecular weight is 507 g/mol. The highest BCUT2D eigenvalue weighted by Crippen LogP contribution is 2.25. The van der Waals surface area contributed by atoms with Gasteiger partial charge in [0.15, 0.2) is 0 Å². The lowest BCUT2D eigenvalue weighted by molar-refractivity contribution is -0.140. The molecule has 2 aromatic carbocycles. The fraction of sp³-hybridized carbons (Fsp3) is 0.304. The van der Waals surface area contributed by atoms with Gasteiger partial charge in [-0.15, -0.1) is 0 Å². The van der Waals surface area contributed by atoms with Gasteiger partial charge in [0.25, 0.3) is 0 Å². The van der Waals surface area contributed by atoms with Crippen LogP contribution in [0.15, 0.2) is 53.6 Å². The zero-order valence-corrected chi connectivity index (χ0v) is 19.4. The third-order valence-electron chi connectivity index (χ3n) is 5.63. The van der Waals surface area contributed by atoms with Gasteiger partial charge >= 0.3 is 11.8 Å². The minimum atomic E-state index is -4.45. The van der Waals surface area contributed by atoms with Crippen molar-refractivity contribution in [3.63, 3.8) is 0 Å². The van der Waals surface area contributed by atoms with E-state index in [-0.39, 0.29) is 26.2 Å². The molecule has 1 saturated heterocycles. The molecule has 0 aliphatic carbocycles. The lowest BCUT2D eigenvalue weighted by Gasteiger charge is -2.34. The van der Waals surface area contributed by atoms with E-state index in [2.05, 4.69) is 15.6 Å². The second-order valence-electron chi connectivity index (χ2n) is 7.94. The van der Waals surface area contributed by atoms with Gasteiger partial charge in [-0.25, -0.2) is 17.2 Å². The van der Waals surface area contributed by atoms with E-state index in [1.165, 1.54) is 0 Å². The topological polar surface area (TPSA) is 121 Å². The van der Waals surface area contributed by atoms with Crippen LogP contribution in [-0.2, 0) is 30.8 Å². The number of benzene rings is 2. The van der Waals surface area contributed by atoms with Crippen molar-refractivity contribution in [2.24, 2.45) is 0 Å². The van der Waals surface area contributed by atoms with Gasteiger partial charge in [-0.2, -0.15) is 4.31 Å². The Morgan fingerprint density at radius 3 is 2.71 bits per heavy atom. The Hall–Kier alpha value is -3.35. The van der Waals surface area contributed by atoms with Crippen LogP contribution in [0.2, 0.25) is 0 Å². The summed E-state index contributed by atoms with van der Waals surface area (Å²) >= 11 is 0. The summed E-state index contributed by atoms with van der Waals surface area (Å²) in [5, 5.41) is 5.90. The number of aromatic amines is 1. The van der Waals surface area contributed by atoms with Gasteiger partial charge in [-0.3, -0.25) is 9.59 Å². The van der Waals surface area contributed by atoms with Gasteiger partial charge in [-0.05, 0) is 42.7 Å². The van der Waals surface area contributed by atoms with Gasteiger partial charge in [0, 0.05) is 30.2 Å². The van der Waals surface area contributed by atoms with E-state index in [1.54, 1.807) is 0 Å². The molecule has 12 heteroatoms. The maximum atomic E-state index is 14.1. The first-order chi connectivity index (χ1) is 16.8. The fourth-order valence-electron chi connectivity index (χ4n) is 3.89. The lowest BCUT2D eigenvalue weighted by atomic mass is 10.1. The summed E-state index contributed by atoms with van der Waals surface area (Å²) in [6, 6.07) is 9.84. The van der Waals surface area contributed by atoms with E-state index in [1.807, 2.05) is 30.5 Å². The fourth-order valence-corrected chi connectivity index (χ4v) is 5.54. The van der Waals surface area contributed by atoms with Crippen molar-refractivity contribution in [1.82, 2.24) is 19.9 Å². The molecule has 1 aliphatic heterocycles. The SMILES string of the molecule is O=C(NCCc1c[nH]c2ccccc12)C(=O)NC[C@H]1OCCCN1S(=O)(=O)c1cc(F)ccc1F. The van der Waals surface area contributed by atoms with Crippen molar-refractivity contribution in [3.05, 3.63) is 65.9 Å². The van der Waals surface area contributed by atoms with E-state index >= 15 is 0 Å². The first-order valence-electron chi connectivity index (χ1n) is 11.0. The van der Waals surface area contributed by atoms with Gasteiger partial charge in [0.05, 0.1) is 13.2 Å². The van der Waals surface area contributed by atoms with Crippen molar-refractivity contribution in [2.75, 3.05) is 26.2 Å². The molecular weight excluding hydrogens is 482 g/mol. The second kappa shape index (κ2) is 10.5. The maximum absolute atomic E-state index is 14.1. The minimum Gasteiger partial charge on any atom is -0.361 e. The summed E-state index contributed by atoms with van der Waals surface area (Å²) in [5.41, 5.74) is 1.96. The number of halogens is 2. The molecule has 1 atom stereocenters. The minimum absolute atomic E-state index is 0.0182. The quantitative estimate of drug-likeness (QED) is 0.421. The molecule has 0 spiro atoms. The van der Waals surface area contributed by atoms with Crippen molar-refractivity contribution in [2.45, 2.75) is 24.0 Å². The summed E-state index contributed by atoms with van der Waals surface area (Å²) in [6.07, 6.45) is 1.49. The first kappa shape index (κ1) is 24.8.